The molecule has 0 saturated carbocycles. The summed E-state index contributed by atoms with van der Waals surface area (Å²) in [5, 5.41) is 0.573. The molecule has 0 aliphatic carbocycles. The molecule has 0 N–H and O–H groups in total. The van der Waals surface area contributed by atoms with Gasteiger partial charge in [0.15, 0.2) is 11.5 Å². The average Bonchev–Trinajstić information content (AvgIpc) is 2.65. The minimum absolute atomic E-state index is 0.214. The van der Waals surface area contributed by atoms with Crippen LogP contribution in [0.5, 0.6) is 11.5 Å². The highest BCUT2D eigenvalue weighted by molar-refractivity contribution is 6.33. The van der Waals surface area contributed by atoms with Crippen LogP contribution in [0.2, 0.25) is 5.02 Å². The van der Waals surface area contributed by atoms with E-state index in [1.165, 1.54) is 0 Å². The van der Waals surface area contributed by atoms with Crippen LogP contribution in [-0.2, 0) is 11.2 Å². The standard InChI is InChI=1S/C11H11ClO3/c1-7-5-9-11(15-6-14-9)10(12)8(7)3-2-4-13/h4-5H,2-3,6H2,1H3. The normalized spacial score (nSPS) is 12.9. The molecule has 0 atom stereocenters. The molecule has 4 heteroatoms. The number of hydrogen-bond acceptors (Lipinski definition) is 3. The van der Waals surface area contributed by atoms with E-state index < -0.39 is 0 Å². The summed E-state index contributed by atoms with van der Waals surface area (Å²) >= 11 is 6.17. The van der Waals surface area contributed by atoms with Gasteiger partial charge < -0.3 is 14.3 Å². The predicted molar refractivity (Wildman–Crippen MR) is 56.7 cm³/mol. The zero-order chi connectivity index (χ0) is 10.8. The number of carbonyl (C=O) groups is 1. The SMILES string of the molecule is Cc1cc2c(c(Cl)c1CCC=O)OCO2. The summed E-state index contributed by atoms with van der Waals surface area (Å²) in [4.78, 5) is 10.3. The van der Waals surface area contributed by atoms with E-state index in [9.17, 15) is 4.79 Å². The molecule has 2 rings (SSSR count). The minimum atomic E-state index is 0.214. The van der Waals surface area contributed by atoms with E-state index in [4.69, 9.17) is 21.1 Å². The number of aldehydes is 1. The Morgan fingerprint density at radius 3 is 3.07 bits per heavy atom. The molecule has 0 amide bonds. The monoisotopic (exact) mass is 226 g/mol. The summed E-state index contributed by atoms with van der Waals surface area (Å²) in [6.45, 7) is 2.17. The number of benzene rings is 1. The smallest absolute Gasteiger partial charge is 0.231 e. The van der Waals surface area contributed by atoms with Gasteiger partial charge in [-0.1, -0.05) is 11.6 Å². The van der Waals surface area contributed by atoms with Crippen molar-refractivity contribution < 1.29 is 14.3 Å². The number of carbonyl (C=O) groups excluding carboxylic acids is 1. The largest absolute Gasteiger partial charge is 0.454 e. The van der Waals surface area contributed by atoms with Gasteiger partial charge in [0.25, 0.3) is 0 Å². The first-order chi connectivity index (χ1) is 7.24. The third-order valence-electron chi connectivity index (χ3n) is 2.44. The van der Waals surface area contributed by atoms with Crippen LogP contribution in [0.1, 0.15) is 17.5 Å². The molecule has 1 aliphatic heterocycles. The average molecular weight is 227 g/mol. The Labute approximate surface area is 92.9 Å². The Kier molecular flexibility index (Phi) is 2.82. The van der Waals surface area contributed by atoms with E-state index in [0.29, 0.717) is 29.4 Å². The third-order valence-corrected chi connectivity index (χ3v) is 2.84. The van der Waals surface area contributed by atoms with Crippen molar-refractivity contribution in [2.24, 2.45) is 0 Å². The third kappa shape index (κ3) is 1.79. The first-order valence-corrected chi connectivity index (χ1v) is 5.13. The van der Waals surface area contributed by atoms with E-state index in [1.807, 2.05) is 13.0 Å². The van der Waals surface area contributed by atoms with E-state index >= 15 is 0 Å². The molecule has 1 aromatic rings. The van der Waals surface area contributed by atoms with Gasteiger partial charge in [-0.15, -0.1) is 0 Å². The lowest BCUT2D eigenvalue weighted by atomic mass is 10.0. The fraction of sp³-hybridized carbons (Fsp3) is 0.364. The molecule has 1 heterocycles. The fourth-order valence-corrected chi connectivity index (χ4v) is 2.06. The molecule has 1 aliphatic rings. The van der Waals surface area contributed by atoms with Crippen molar-refractivity contribution in [1.82, 2.24) is 0 Å². The van der Waals surface area contributed by atoms with Crippen LogP contribution in [0.25, 0.3) is 0 Å². The Morgan fingerprint density at radius 1 is 1.53 bits per heavy atom. The second kappa shape index (κ2) is 4.11. The van der Waals surface area contributed by atoms with Gasteiger partial charge in [0.1, 0.15) is 6.29 Å². The molecule has 0 bridgehead atoms. The molecular formula is C11H11ClO3. The minimum Gasteiger partial charge on any atom is -0.454 e. The first-order valence-electron chi connectivity index (χ1n) is 4.75. The van der Waals surface area contributed by atoms with Crippen molar-refractivity contribution in [3.05, 3.63) is 22.2 Å². The van der Waals surface area contributed by atoms with Gasteiger partial charge in [0.05, 0.1) is 5.02 Å². The van der Waals surface area contributed by atoms with Crippen LogP contribution in [0, 0.1) is 6.92 Å². The summed E-state index contributed by atoms with van der Waals surface area (Å²) in [6, 6.07) is 1.90. The van der Waals surface area contributed by atoms with Crippen LogP contribution in [-0.4, -0.2) is 13.1 Å². The van der Waals surface area contributed by atoms with Gasteiger partial charge in [0, 0.05) is 6.42 Å². The molecule has 1 aromatic carbocycles. The van der Waals surface area contributed by atoms with E-state index in [-0.39, 0.29) is 6.79 Å². The van der Waals surface area contributed by atoms with E-state index in [0.717, 1.165) is 17.4 Å². The van der Waals surface area contributed by atoms with Gasteiger partial charge in [-0.05, 0) is 30.5 Å². The van der Waals surface area contributed by atoms with Crippen LogP contribution in [0.3, 0.4) is 0 Å². The van der Waals surface area contributed by atoms with Crippen molar-refractivity contribution in [1.29, 1.82) is 0 Å². The second-order valence-corrected chi connectivity index (χ2v) is 3.80. The number of ether oxygens (including phenoxy) is 2. The number of aryl methyl sites for hydroxylation is 1. The van der Waals surface area contributed by atoms with Crippen molar-refractivity contribution in [2.75, 3.05) is 6.79 Å². The molecule has 3 nitrogen and oxygen atoms in total. The molecule has 0 saturated heterocycles. The number of halogens is 1. The van der Waals surface area contributed by atoms with Gasteiger partial charge in [-0.2, -0.15) is 0 Å². The number of hydrogen-bond donors (Lipinski definition) is 0. The predicted octanol–water partition coefficient (Wildman–Crippen LogP) is 2.51. The Balaban J connectivity index is 2.41. The summed E-state index contributed by atoms with van der Waals surface area (Å²) in [7, 11) is 0. The highest BCUT2D eigenvalue weighted by Gasteiger charge is 2.21. The zero-order valence-corrected chi connectivity index (χ0v) is 9.13. The van der Waals surface area contributed by atoms with E-state index in [2.05, 4.69) is 0 Å². The molecule has 80 valence electrons. The van der Waals surface area contributed by atoms with Crippen molar-refractivity contribution in [2.45, 2.75) is 19.8 Å². The van der Waals surface area contributed by atoms with Crippen molar-refractivity contribution in [3.8, 4) is 11.5 Å². The molecule has 0 spiro atoms. The molecule has 0 radical (unpaired) electrons. The van der Waals surface area contributed by atoms with Crippen LogP contribution in [0.4, 0.5) is 0 Å². The van der Waals surface area contributed by atoms with Crippen molar-refractivity contribution in [3.63, 3.8) is 0 Å². The molecule has 0 fully saturated rings. The Hall–Kier alpha value is -1.22. The summed E-state index contributed by atoms with van der Waals surface area (Å²) in [6.07, 6.45) is 2.01. The lowest BCUT2D eigenvalue weighted by Crippen LogP contribution is -1.94. The highest BCUT2D eigenvalue weighted by Crippen LogP contribution is 2.42. The molecule has 0 unspecified atom stereocenters. The van der Waals surface area contributed by atoms with Crippen LogP contribution < -0.4 is 9.47 Å². The highest BCUT2D eigenvalue weighted by atomic mass is 35.5. The first kappa shape index (κ1) is 10.3. The number of rotatable bonds is 3. The summed E-state index contributed by atoms with van der Waals surface area (Å²) in [5.41, 5.74) is 2.00. The van der Waals surface area contributed by atoms with Crippen LogP contribution >= 0.6 is 11.6 Å². The molecule has 0 aromatic heterocycles. The van der Waals surface area contributed by atoms with E-state index in [1.54, 1.807) is 0 Å². The van der Waals surface area contributed by atoms with Gasteiger partial charge in [-0.25, -0.2) is 0 Å². The fourth-order valence-electron chi connectivity index (χ4n) is 1.67. The maximum absolute atomic E-state index is 10.3. The van der Waals surface area contributed by atoms with Gasteiger partial charge in [0.2, 0.25) is 6.79 Å². The van der Waals surface area contributed by atoms with Gasteiger partial charge >= 0.3 is 0 Å². The Bertz CT molecular complexity index is 401. The molecule has 15 heavy (non-hydrogen) atoms. The quantitative estimate of drug-likeness (QED) is 0.743. The summed E-state index contributed by atoms with van der Waals surface area (Å²) in [5.74, 6) is 1.29. The zero-order valence-electron chi connectivity index (χ0n) is 8.38. The number of fused-ring (bicyclic) bond motifs is 1. The Morgan fingerprint density at radius 2 is 2.33 bits per heavy atom. The lowest BCUT2D eigenvalue weighted by molar-refractivity contribution is -0.107. The van der Waals surface area contributed by atoms with Crippen LogP contribution in [0.15, 0.2) is 6.07 Å². The maximum atomic E-state index is 10.3. The topological polar surface area (TPSA) is 35.5 Å². The second-order valence-electron chi connectivity index (χ2n) is 3.43. The van der Waals surface area contributed by atoms with Gasteiger partial charge in [-0.3, -0.25) is 0 Å². The summed E-state index contributed by atoms with van der Waals surface area (Å²) < 4.78 is 10.5. The molecular weight excluding hydrogens is 216 g/mol. The maximum Gasteiger partial charge on any atom is 0.231 e. The van der Waals surface area contributed by atoms with Crippen molar-refractivity contribution >= 4 is 17.9 Å². The lowest BCUT2D eigenvalue weighted by Gasteiger charge is -2.09.